The van der Waals surface area contributed by atoms with Crippen LogP contribution in [0.1, 0.15) is 17.3 Å². The Labute approximate surface area is 122 Å². The number of nitrogen functional groups attached to an aromatic ring is 1. The van der Waals surface area contributed by atoms with E-state index in [1.807, 2.05) is 12.1 Å². The van der Waals surface area contributed by atoms with Crippen LogP contribution in [0.4, 0.5) is 17.1 Å². The molecule has 0 saturated heterocycles. The lowest BCUT2D eigenvalue weighted by molar-refractivity contribution is 0.101. The topological polar surface area (TPSA) is 64.3 Å². The number of halogens is 1. The maximum Gasteiger partial charge on any atom is 0.161 e. The van der Waals surface area contributed by atoms with Gasteiger partial charge in [-0.25, -0.2) is 0 Å². The van der Waals surface area contributed by atoms with Gasteiger partial charge in [-0.1, -0.05) is 11.6 Å². The number of carbonyl (C=O) groups is 1. The average molecular weight is 291 g/mol. The summed E-state index contributed by atoms with van der Waals surface area (Å²) in [6.07, 6.45) is 0. The van der Waals surface area contributed by atoms with Gasteiger partial charge in [0.05, 0.1) is 12.1 Å². The summed E-state index contributed by atoms with van der Waals surface area (Å²) in [5, 5.41) is 3.72. The van der Waals surface area contributed by atoms with Gasteiger partial charge in [-0.05, 0) is 37.3 Å². The predicted octanol–water partition coefficient (Wildman–Crippen LogP) is 3.88. The Morgan fingerprint density at radius 3 is 2.50 bits per heavy atom. The Balaban J connectivity index is 2.30. The van der Waals surface area contributed by atoms with E-state index in [0.29, 0.717) is 22.0 Å². The summed E-state index contributed by atoms with van der Waals surface area (Å²) in [5.41, 5.74) is 8.31. The molecule has 0 fully saturated rings. The Morgan fingerprint density at radius 2 is 1.85 bits per heavy atom. The fraction of sp³-hybridized carbons (Fsp3) is 0.133. The molecule has 0 saturated carbocycles. The van der Waals surface area contributed by atoms with E-state index < -0.39 is 0 Å². The molecule has 0 aliphatic heterocycles. The molecule has 5 heteroatoms. The van der Waals surface area contributed by atoms with Gasteiger partial charge in [0.2, 0.25) is 0 Å². The number of carbonyl (C=O) groups excluding carboxylic acids is 1. The van der Waals surface area contributed by atoms with E-state index >= 15 is 0 Å². The SMILES string of the molecule is COc1cc(Nc2ccc(N)c(C(C)=O)c2)ccc1Cl. The summed E-state index contributed by atoms with van der Waals surface area (Å²) in [6.45, 7) is 1.49. The fourth-order valence-electron chi connectivity index (χ4n) is 1.84. The highest BCUT2D eigenvalue weighted by Gasteiger charge is 2.07. The predicted molar refractivity (Wildman–Crippen MR) is 82.1 cm³/mol. The molecule has 0 amide bonds. The Hall–Kier alpha value is -2.20. The number of ether oxygens (including phenoxy) is 1. The van der Waals surface area contributed by atoms with E-state index in [2.05, 4.69) is 5.32 Å². The molecular formula is C15H15ClN2O2. The second-order valence-electron chi connectivity index (χ2n) is 4.33. The average Bonchev–Trinajstić information content (AvgIpc) is 2.42. The quantitative estimate of drug-likeness (QED) is 0.662. The third-order valence-corrected chi connectivity index (χ3v) is 3.18. The van der Waals surface area contributed by atoms with Crippen LogP contribution in [0.3, 0.4) is 0 Å². The van der Waals surface area contributed by atoms with Crippen LogP contribution in [0.2, 0.25) is 5.02 Å². The molecule has 2 rings (SSSR count). The molecule has 0 spiro atoms. The lowest BCUT2D eigenvalue weighted by atomic mass is 10.1. The highest BCUT2D eigenvalue weighted by Crippen LogP contribution is 2.29. The zero-order valence-electron chi connectivity index (χ0n) is 11.2. The summed E-state index contributed by atoms with van der Waals surface area (Å²) in [4.78, 5) is 11.5. The zero-order valence-corrected chi connectivity index (χ0v) is 12.0. The van der Waals surface area contributed by atoms with Gasteiger partial charge in [-0.15, -0.1) is 0 Å². The normalized spacial score (nSPS) is 10.2. The molecule has 0 unspecified atom stereocenters. The number of Topliss-reactive ketones (excluding diaryl/α,β-unsaturated/α-hetero) is 1. The van der Waals surface area contributed by atoms with Crippen molar-refractivity contribution in [1.82, 2.24) is 0 Å². The van der Waals surface area contributed by atoms with Crippen molar-refractivity contribution in [2.45, 2.75) is 6.92 Å². The van der Waals surface area contributed by atoms with Crippen molar-refractivity contribution >= 4 is 34.4 Å². The maximum atomic E-state index is 11.5. The first-order valence-corrected chi connectivity index (χ1v) is 6.40. The summed E-state index contributed by atoms with van der Waals surface area (Å²) >= 11 is 5.97. The maximum absolute atomic E-state index is 11.5. The number of anilines is 3. The molecule has 2 aromatic carbocycles. The standard InChI is InChI=1S/C15H15ClN2O2/c1-9(19)12-7-10(4-6-14(12)17)18-11-3-5-13(16)15(8-11)20-2/h3-8,18H,17H2,1-2H3. The molecule has 0 aromatic heterocycles. The van der Waals surface area contributed by atoms with Crippen LogP contribution in [0.15, 0.2) is 36.4 Å². The molecule has 3 N–H and O–H groups in total. The summed E-state index contributed by atoms with van der Waals surface area (Å²) in [7, 11) is 1.56. The zero-order chi connectivity index (χ0) is 14.7. The number of hydrogen-bond acceptors (Lipinski definition) is 4. The van der Waals surface area contributed by atoms with E-state index in [4.69, 9.17) is 22.1 Å². The molecule has 20 heavy (non-hydrogen) atoms. The Morgan fingerprint density at radius 1 is 1.20 bits per heavy atom. The van der Waals surface area contributed by atoms with Crippen LogP contribution in [-0.4, -0.2) is 12.9 Å². The van der Waals surface area contributed by atoms with E-state index in [-0.39, 0.29) is 5.78 Å². The van der Waals surface area contributed by atoms with Crippen molar-refractivity contribution < 1.29 is 9.53 Å². The van der Waals surface area contributed by atoms with Crippen LogP contribution in [0.25, 0.3) is 0 Å². The van der Waals surface area contributed by atoms with Gasteiger partial charge in [0.15, 0.2) is 5.78 Å². The monoisotopic (exact) mass is 290 g/mol. The van der Waals surface area contributed by atoms with Crippen LogP contribution in [0, 0.1) is 0 Å². The molecule has 0 aliphatic rings. The van der Waals surface area contributed by atoms with Gasteiger partial charge < -0.3 is 15.8 Å². The number of hydrogen-bond donors (Lipinski definition) is 2. The van der Waals surface area contributed by atoms with Crippen molar-refractivity contribution in [3.05, 3.63) is 47.0 Å². The highest BCUT2D eigenvalue weighted by atomic mass is 35.5. The van der Waals surface area contributed by atoms with Gasteiger partial charge in [0, 0.05) is 28.7 Å². The molecule has 4 nitrogen and oxygen atoms in total. The van der Waals surface area contributed by atoms with Crippen LogP contribution in [-0.2, 0) is 0 Å². The minimum atomic E-state index is -0.0696. The van der Waals surface area contributed by atoms with Gasteiger partial charge >= 0.3 is 0 Å². The van der Waals surface area contributed by atoms with Crippen molar-refractivity contribution in [3.8, 4) is 5.75 Å². The molecule has 104 valence electrons. The van der Waals surface area contributed by atoms with E-state index in [0.717, 1.165) is 11.4 Å². The minimum absolute atomic E-state index is 0.0696. The molecule has 0 heterocycles. The first-order valence-electron chi connectivity index (χ1n) is 6.02. The number of nitrogens with two attached hydrogens (primary N) is 1. The minimum Gasteiger partial charge on any atom is -0.495 e. The molecule has 0 bridgehead atoms. The number of rotatable bonds is 4. The van der Waals surface area contributed by atoms with Crippen molar-refractivity contribution in [2.75, 3.05) is 18.2 Å². The summed E-state index contributed by atoms with van der Waals surface area (Å²) in [5.74, 6) is 0.513. The Kier molecular flexibility index (Phi) is 4.15. The number of benzene rings is 2. The van der Waals surface area contributed by atoms with E-state index in [1.165, 1.54) is 6.92 Å². The molecule has 0 radical (unpaired) electrons. The summed E-state index contributed by atoms with van der Waals surface area (Å²) in [6, 6.07) is 10.6. The fourth-order valence-corrected chi connectivity index (χ4v) is 2.04. The highest BCUT2D eigenvalue weighted by molar-refractivity contribution is 6.32. The van der Waals surface area contributed by atoms with Crippen LogP contribution in [0.5, 0.6) is 5.75 Å². The third kappa shape index (κ3) is 3.03. The number of methoxy groups -OCH3 is 1. The lowest BCUT2D eigenvalue weighted by Crippen LogP contribution is -2.01. The van der Waals surface area contributed by atoms with E-state index in [1.54, 1.807) is 31.4 Å². The first-order chi connectivity index (χ1) is 9.51. The third-order valence-electron chi connectivity index (χ3n) is 2.87. The van der Waals surface area contributed by atoms with Crippen LogP contribution >= 0.6 is 11.6 Å². The molecule has 2 aromatic rings. The van der Waals surface area contributed by atoms with Crippen LogP contribution < -0.4 is 15.8 Å². The first kappa shape index (κ1) is 14.2. The molecule has 0 atom stereocenters. The number of nitrogens with one attached hydrogen (secondary N) is 1. The molecule has 0 aliphatic carbocycles. The second kappa shape index (κ2) is 5.84. The lowest BCUT2D eigenvalue weighted by Gasteiger charge is -2.11. The van der Waals surface area contributed by atoms with Crippen molar-refractivity contribution in [1.29, 1.82) is 0 Å². The van der Waals surface area contributed by atoms with Gasteiger partial charge in [0.1, 0.15) is 5.75 Å². The largest absolute Gasteiger partial charge is 0.495 e. The Bertz CT molecular complexity index is 656. The van der Waals surface area contributed by atoms with Gasteiger partial charge in [-0.2, -0.15) is 0 Å². The molecular weight excluding hydrogens is 276 g/mol. The van der Waals surface area contributed by atoms with Crippen molar-refractivity contribution in [2.24, 2.45) is 0 Å². The van der Waals surface area contributed by atoms with Gasteiger partial charge in [0.25, 0.3) is 0 Å². The van der Waals surface area contributed by atoms with Gasteiger partial charge in [-0.3, -0.25) is 4.79 Å². The summed E-state index contributed by atoms with van der Waals surface area (Å²) < 4.78 is 5.16. The smallest absolute Gasteiger partial charge is 0.161 e. The van der Waals surface area contributed by atoms with Crippen molar-refractivity contribution in [3.63, 3.8) is 0 Å². The number of ketones is 1. The van der Waals surface area contributed by atoms with E-state index in [9.17, 15) is 4.79 Å². The second-order valence-corrected chi connectivity index (χ2v) is 4.74.